The van der Waals surface area contributed by atoms with E-state index < -0.39 is 0 Å². The highest BCUT2D eigenvalue weighted by Crippen LogP contribution is 2.28. The quantitative estimate of drug-likeness (QED) is 0.682. The number of methoxy groups -OCH3 is 2. The van der Waals surface area contributed by atoms with E-state index >= 15 is 0 Å². The SMILES string of the molecule is COc1ccc(CCN2CN(Cc3ccco3)CSC2=S)cc1OC. The molecule has 3 rings (SSSR count). The van der Waals surface area contributed by atoms with Gasteiger partial charge in [-0.1, -0.05) is 30.0 Å². The third kappa shape index (κ3) is 4.68. The number of ether oxygens (including phenoxy) is 2. The van der Waals surface area contributed by atoms with Gasteiger partial charge in [0.15, 0.2) is 11.5 Å². The van der Waals surface area contributed by atoms with E-state index in [9.17, 15) is 0 Å². The van der Waals surface area contributed by atoms with Crippen LogP contribution in [-0.4, -0.2) is 47.4 Å². The van der Waals surface area contributed by atoms with Crippen LogP contribution in [0.2, 0.25) is 0 Å². The molecular formula is C18H22N2O3S2. The van der Waals surface area contributed by atoms with Gasteiger partial charge in [0.05, 0.1) is 39.6 Å². The normalized spacial score (nSPS) is 15.4. The predicted octanol–water partition coefficient (Wildman–Crippen LogP) is 3.59. The van der Waals surface area contributed by atoms with Crippen LogP contribution in [0.3, 0.4) is 0 Å². The number of thiocarbonyl (C=S) groups is 1. The molecule has 0 N–H and O–H groups in total. The average Bonchev–Trinajstić information content (AvgIpc) is 3.14. The fraction of sp³-hybridized carbons (Fsp3) is 0.389. The first-order chi connectivity index (χ1) is 12.2. The maximum absolute atomic E-state index is 5.53. The molecule has 1 aromatic carbocycles. The molecule has 1 aromatic heterocycles. The zero-order valence-electron chi connectivity index (χ0n) is 14.4. The van der Waals surface area contributed by atoms with Gasteiger partial charge in [0.2, 0.25) is 0 Å². The number of furan rings is 1. The molecule has 0 unspecified atom stereocenters. The van der Waals surface area contributed by atoms with Crippen LogP contribution in [0.4, 0.5) is 0 Å². The summed E-state index contributed by atoms with van der Waals surface area (Å²) in [5.41, 5.74) is 1.20. The summed E-state index contributed by atoms with van der Waals surface area (Å²) in [5, 5.41) is 0. The highest BCUT2D eigenvalue weighted by molar-refractivity contribution is 8.22. The molecule has 1 saturated heterocycles. The van der Waals surface area contributed by atoms with Gasteiger partial charge in [0.1, 0.15) is 10.1 Å². The lowest BCUT2D eigenvalue weighted by Gasteiger charge is -2.36. The van der Waals surface area contributed by atoms with Crippen LogP contribution in [0.5, 0.6) is 11.5 Å². The Bertz CT molecular complexity index is 706. The molecule has 5 nitrogen and oxygen atoms in total. The van der Waals surface area contributed by atoms with Crippen LogP contribution in [0, 0.1) is 0 Å². The van der Waals surface area contributed by atoms with E-state index in [0.717, 1.165) is 53.6 Å². The van der Waals surface area contributed by atoms with Crippen LogP contribution < -0.4 is 9.47 Å². The number of hydrogen-bond donors (Lipinski definition) is 0. The smallest absolute Gasteiger partial charge is 0.160 e. The number of nitrogens with zero attached hydrogens (tertiary/aromatic N) is 2. The van der Waals surface area contributed by atoms with Crippen molar-refractivity contribution in [2.75, 3.05) is 33.3 Å². The summed E-state index contributed by atoms with van der Waals surface area (Å²) in [5.74, 6) is 3.38. The van der Waals surface area contributed by atoms with Crippen molar-refractivity contribution in [3.8, 4) is 11.5 Å². The minimum atomic E-state index is 0.750. The molecule has 2 heterocycles. The second kappa shape index (κ2) is 8.60. The van der Waals surface area contributed by atoms with Crippen molar-refractivity contribution >= 4 is 28.3 Å². The van der Waals surface area contributed by atoms with E-state index in [1.165, 1.54) is 5.56 Å². The zero-order valence-corrected chi connectivity index (χ0v) is 16.1. The summed E-state index contributed by atoms with van der Waals surface area (Å²) >= 11 is 7.23. The van der Waals surface area contributed by atoms with Crippen LogP contribution in [0.15, 0.2) is 41.0 Å². The van der Waals surface area contributed by atoms with Gasteiger partial charge in [-0.3, -0.25) is 4.90 Å². The zero-order chi connectivity index (χ0) is 17.6. The molecule has 7 heteroatoms. The minimum Gasteiger partial charge on any atom is -0.493 e. The monoisotopic (exact) mass is 378 g/mol. The fourth-order valence-electron chi connectivity index (χ4n) is 2.76. The lowest BCUT2D eigenvalue weighted by Crippen LogP contribution is -2.45. The Morgan fingerprint density at radius 1 is 1.20 bits per heavy atom. The van der Waals surface area contributed by atoms with E-state index in [4.69, 9.17) is 26.1 Å². The second-order valence-corrected chi connectivity index (χ2v) is 7.37. The molecular weight excluding hydrogens is 356 g/mol. The third-order valence-electron chi connectivity index (χ3n) is 4.08. The number of thioether (sulfide) groups is 1. The Kier molecular flexibility index (Phi) is 6.23. The fourth-order valence-corrected chi connectivity index (χ4v) is 3.86. The lowest BCUT2D eigenvalue weighted by molar-refractivity contribution is 0.193. The topological polar surface area (TPSA) is 38.1 Å². The highest BCUT2D eigenvalue weighted by Gasteiger charge is 2.22. The van der Waals surface area contributed by atoms with Crippen LogP contribution in [0.25, 0.3) is 0 Å². The standard InChI is InChI=1S/C18H22N2O3S2/c1-21-16-6-5-14(10-17(16)22-2)7-8-20-12-19(13-25-18(20)24)11-15-4-3-9-23-15/h3-6,9-10H,7-8,11-13H2,1-2H3. The Morgan fingerprint density at radius 2 is 2.04 bits per heavy atom. The first-order valence-electron chi connectivity index (χ1n) is 8.07. The molecule has 0 radical (unpaired) electrons. The maximum Gasteiger partial charge on any atom is 0.160 e. The highest BCUT2D eigenvalue weighted by atomic mass is 32.2. The van der Waals surface area contributed by atoms with E-state index in [1.807, 2.05) is 24.3 Å². The number of rotatable bonds is 7. The number of hydrogen-bond acceptors (Lipinski definition) is 6. The summed E-state index contributed by atoms with van der Waals surface area (Å²) in [6.45, 7) is 2.49. The Hall–Kier alpha value is -1.70. The van der Waals surface area contributed by atoms with Gasteiger partial charge in [0, 0.05) is 6.54 Å². The van der Waals surface area contributed by atoms with Crippen LogP contribution in [0.1, 0.15) is 11.3 Å². The molecule has 0 bridgehead atoms. The average molecular weight is 379 g/mol. The lowest BCUT2D eigenvalue weighted by atomic mass is 10.1. The van der Waals surface area contributed by atoms with Crippen molar-refractivity contribution in [3.05, 3.63) is 47.9 Å². The molecule has 0 amide bonds. The summed E-state index contributed by atoms with van der Waals surface area (Å²) in [6.07, 6.45) is 2.61. The Balaban J connectivity index is 1.58. The summed E-state index contributed by atoms with van der Waals surface area (Å²) in [4.78, 5) is 4.57. The van der Waals surface area contributed by atoms with Crippen LogP contribution >= 0.6 is 24.0 Å². The van der Waals surface area contributed by atoms with E-state index in [2.05, 4.69) is 15.9 Å². The molecule has 0 atom stereocenters. The molecule has 1 aliphatic rings. The summed E-state index contributed by atoms with van der Waals surface area (Å²) in [7, 11) is 3.30. The third-order valence-corrected chi connectivity index (χ3v) is 5.69. The van der Waals surface area contributed by atoms with E-state index in [-0.39, 0.29) is 0 Å². The molecule has 0 spiro atoms. The van der Waals surface area contributed by atoms with Crippen LogP contribution in [-0.2, 0) is 13.0 Å². The predicted molar refractivity (Wildman–Crippen MR) is 104 cm³/mol. The van der Waals surface area contributed by atoms with Gasteiger partial charge in [-0.15, -0.1) is 0 Å². The van der Waals surface area contributed by atoms with Crippen molar-refractivity contribution in [2.45, 2.75) is 13.0 Å². The first-order valence-corrected chi connectivity index (χ1v) is 9.46. The molecule has 1 aliphatic heterocycles. The minimum absolute atomic E-state index is 0.750. The molecule has 2 aromatic rings. The Morgan fingerprint density at radius 3 is 2.76 bits per heavy atom. The van der Waals surface area contributed by atoms with Crippen molar-refractivity contribution in [1.29, 1.82) is 0 Å². The Labute approximate surface area is 157 Å². The number of benzene rings is 1. The van der Waals surface area contributed by atoms with Crippen molar-refractivity contribution in [3.63, 3.8) is 0 Å². The maximum atomic E-state index is 5.53. The second-order valence-electron chi connectivity index (χ2n) is 5.79. The first kappa shape index (κ1) is 18.1. The van der Waals surface area contributed by atoms with Crippen molar-refractivity contribution in [2.24, 2.45) is 0 Å². The van der Waals surface area contributed by atoms with E-state index in [0.29, 0.717) is 0 Å². The largest absolute Gasteiger partial charge is 0.493 e. The van der Waals surface area contributed by atoms with Crippen molar-refractivity contribution in [1.82, 2.24) is 9.80 Å². The molecule has 0 aliphatic carbocycles. The van der Waals surface area contributed by atoms with Gasteiger partial charge in [-0.2, -0.15) is 0 Å². The molecule has 134 valence electrons. The van der Waals surface area contributed by atoms with Gasteiger partial charge in [0.25, 0.3) is 0 Å². The van der Waals surface area contributed by atoms with Crippen molar-refractivity contribution < 1.29 is 13.9 Å². The van der Waals surface area contributed by atoms with Gasteiger partial charge in [-0.05, 0) is 36.2 Å². The molecule has 1 fully saturated rings. The van der Waals surface area contributed by atoms with Gasteiger partial charge >= 0.3 is 0 Å². The summed E-state index contributed by atoms with van der Waals surface area (Å²) in [6, 6.07) is 9.97. The molecule has 0 saturated carbocycles. The van der Waals surface area contributed by atoms with Gasteiger partial charge < -0.3 is 18.8 Å². The van der Waals surface area contributed by atoms with Gasteiger partial charge in [-0.25, -0.2) is 0 Å². The molecule has 25 heavy (non-hydrogen) atoms. The van der Waals surface area contributed by atoms with E-state index in [1.54, 1.807) is 32.2 Å². The summed E-state index contributed by atoms with van der Waals surface area (Å²) < 4.78 is 17.1.